The Morgan fingerprint density at radius 1 is 1.04 bits per heavy atom. The van der Waals surface area contributed by atoms with Crippen molar-refractivity contribution in [3.05, 3.63) is 59.6 Å². The van der Waals surface area contributed by atoms with Crippen molar-refractivity contribution in [2.24, 2.45) is 0 Å². The molecular weight excluding hydrogens is 416 g/mol. The molecule has 28 heavy (non-hydrogen) atoms. The Kier molecular flexibility index (Phi) is 6.77. The fourth-order valence-electron chi connectivity index (χ4n) is 2.55. The SMILES string of the molecule is CN(C)S(=O)(=O)CCCSc1nnc(-c2ccc(Cl)cc2)n1-c1ccccc1. The van der Waals surface area contributed by atoms with E-state index in [9.17, 15) is 8.42 Å². The van der Waals surface area contributed by atoms with Gasteiger partial charge >= 0.3 is 0 Å². The molecule has 0 atom stereocenters. The van der Waals surface area contributed by atoms with E-state index in [2.05, 4.69) is 10.2 Å². The molecular formula is C19H21ClN4O2S2. The van der Waals surface area contributed by atoms with Gasteiger partial charge in [0.05, 0.1) is 5.75 Å². The van der Waals surface area contributed by atoms with Crippen LogP contribution in [0.25, 0.3) is 17.1 Å². The first kappa shape index (κ1) is 20.9. The van der Waals surface area contributed by atoms with Crippen LogP contribution in [0.2, 0.25) is 5.02 Å². The Morgan fingerprint density at radius 3 is 2.36 bits per heavy atom. The molecule has 0 aliphatic carbocycles. The highest BCUT2D eigenvalue weighted by molar-refractivity contribution is 7.99. The van der Waals surface area contributed by atoms with Gasteiger partial charge in [0.15, 0.2) is 11.0 Å². The molecule has 6 nitrogen and oxygen atoms in total. The molecule has 9 heteroatoms. The maximum atomic E-state index is 11.9. The van der Waals surface area contributed by atoms with Crippen molar-refractivity contribution in [3.8, 4) is 17.1 Å². The van der Waals surface area contributed by atoms with E-state index in [1.807, 2.05) is 59.2 Å². The molecule has 0 N–H and O–H groups in total. The van der Waals surface area contributed by atoms with Gasteiger partial charge < -0.3 is 0 Å². The monoisotopic (exact) mass is 436 g/mol. The van der Waals surface area contributed by atoms with E-state index in [0.717, 1.165) is 16.4 Å². The predicted molar refractivity (Wildman–Crippen MR) is 115 cm³/mol. The summed E-state index contributed by atoms with van der Waals surface area (Å²) in [6.45, 7) is 0. The van der Waals surface area contributed by atoms with Crippen molar-refractivity contribution in [1.82, 2.24) is 19.1 Å². The zero-order valence-corrected chi connectivity index (χ0v) is 18.0. The van der Waals surface area contributed by atoms with Crippen LogP contribution in [0.15, 0.2) is 59.8 Å². The topological polar surface area (TPSA) is 68.1 Å². The Bertz CT molecular complexity index is 1020. The summed E-state index contributed by atoms with van der Waals surface area (Å²) in [4.78, 5) is 0. The number of sulfonamides is 1. The molecule has 1 aromatic heterocycles. The third-order valence-electron chi connectivity index (χ3n) is 4.08. The van der Waals surface area contributed by atoms with Crippen molar-refractivity contribution < 1.29 is 8.42 Å². The van der Waals surface area contributed by atoms with Gasteiger partial charge in [0.1, 0.15) is 0 Å². The molecule has 1 heterocycles. The van der Waals surface area contributed by atoms with Crippen LogP contribution in [0.5, 0.6) is 0 Å². The van der Waals surface area contributed by atoms with Crippen molar-refractivity contribution in [2.45, 2.75) is 11.6 Å². The minimum Gasteiger partial charge on any atom is -0.270 e. The minimum absolute atomic E-state index is 0.108. The van der Waals surface area contributed by atoms with Crippen molar-refractivity contribution in [3.63, 3.8) is 0 Å². The number of thioether (sulfide) groups is 1. The number of nitrogens with zero attached hydrogens (tertiary/aromatic N) is 4. The zero-order valence-electron chi connectivity index (χ0n) is 15.6. The summed E-state index contributed by atoms with van der Waals surface area (Å²) in [5.41, 5.74) is 1.85. The number of aromatic nitrogens is 3. The molecule has 0 saturated heterocycles. The highest BCUT2D eigenvalue weighted by atomic mass is 35.5. The first-order valence-corrected chi connectivity index (χ1v) is 11.7. The number of para-hydroxylation sites is 1. The van der Waals surface area contributed by atoms with Gasteiger partial charge in [0, 0.05) is 36.1 Å². The van der Waals surface area contributed by atoms with Gasteiger partial charge in [-0.3, -0.25) is 4.57 Å². The Hall–Kier alpha value is -1.87. The lowest BCUT2D eigenvalue weighted by Gasteiger charge is -2.12. The van der Waals surface area contributed by atoms with E-state index in [4.69, 9.17) is 11.6 Å². The predicted octanol–water partition coefficient (Wildman–Crippen LogP) is 3.96. The van der Waals surface area contributed by atoms with Crippen LogP contribution in [0.3, 0.4) is 0 Å². The minimum atomic E-state index is -3.19. The lowest BCUT2D eigenvalue weighted by molar-refractivity contribution is 0.520. The maximum Gasteiger partial charge on any atom is 0.213 e. The Balaban J connectivity index is 1.84. The van der Waals surface area contributed by atoms with Gasteiger partial charge in [-0.2, -0.15) is 0 Å². The number of benzene rings is 2. The van der Waals surface area contributed by atoms with Crippen LogP contribution in [-0.4, -0.2) is 53.1 Å². The molecule has 148 valence electrons. The van der Waals surface area contributed by atoms with Crippen LogP contribution < -0.4 is 0 Å². The van der Waals surface area contributed by atoms with Gasteiger partial charge in [-0.15, -0.1) is 10.2 Å². The fourth-order valence-corrected chi connectivity index (χ4v) is 4.62. The summed E-state index contributed by atoms with van der Waals surface area (Å²) in [5, 5.41) is 10.1. The normalized spacial score (nSPS) is 11.9. The van der Waals surface area contributed by atoms with E-state index in [1.54, 1.807) is 14.1 Å². The second kappa shape index (κ2) is 9.09. The van der Waals surface area contributed by atoms with Crippen LogP contribution in [-0.2, 0) is 10.0 Å². The number of hydrogen-bond acceptors (Lipinski definition) is 5. The van der Waals surface area contributed by atoms with Gasteiger partial charge in [-0.25, -0.2) is 12.7 Å². The molecule has 2 aromatic carbocycles. The first-order valence-electron chi connectivity index (χ1n) is 8.68. The molecule has 0 aliphatic heterocycles. The third-order valence-corrected chi connectivity index (χ3v) is 7.27. The first-order chi connectivity index (χ1) is 13.4. The van der Waals surface area contributed by atoms with E-state index in [-0.39, 0.29) is 5.75 Å². The molecule has 3 rings (SSSR count). The van der Waals surface area contributed by atoms with Crippen molar-refractivity contribution >= 4 is 33.4 Å². The van der Waals surface area contributed by atoms with Crippen molar-refractivity contribution in [2.75, 3.05) is 25.6 Å². The fraction of sp³-hybridized carbons (Fsp3) is 0.263. The molecule has 0 amide bonds. The highest BCUT2D eigenvalue weighted by Gasteiger charge is 2.17. The van der Waals surface area contributed by atoms with Gasteiger partial charge in [0.25, 0.3) is 0 Å². The number of hydrogen-bond donors (Lipinski definition) is 0. The van der Waals surface area contributed by atoms with Crippen LogP contribution in [0.1, 0.15) is 6.42 Å². The number of halogens is 1. The summed E-state index contributed by atoms with van der Waals surface area (Å²) < 4.78 is 27.1. The average Bonchev–Trinajstić information content (AvgIpc) is 3.10. The Morgan fingerprint density at radius 2 is 1.71 bits per heavy atom. The van der Waals surface area contributed by atoms with Gasteiger partial charge in [0.2, 0.25) is 10.0 Å². The maximum absolute atomic E-state index is 11.9. The van der Waals surface area contributed by atoms with Crippen molar-refractivity contribution in [1.29, 1.82) is 0 Å². The summed E-state index contributed by atoms with van der Waals surface area (Å²) in [5.74, 6) is 1.45. The Labute approximate surface area is 174 Å². The lowest BCUT2D eigenvalue weighted by Crippen LogP contribution is -2.25. The molecule has 0 aliphatic rings. The van der Waals surface area contributed by atoms with Crippen LogP contribution >= 0.6 is 23.4 Å². The van der Waals surface area contributed by atoms with Gasteiger partial charge in [-0.05, 0) is 42.8 Å². The number of rotatable bonds is 8. The smallest absolute Gasteiger partial charge is 0.213 e. The largest absolute Gasteiger partial charge is 0.270 e. The second-order valence-corrected chi connectivity index (χ2v) is 10.1. The summed E-state index contributed by atoms with van der Waals surface area (Å²) >= 11 is 7.50. The summed E-state index contributed by atoms with van der Waals surface area (Å²) in [7, 11) is -0.0951. The summed E-state index contributed by atoms with van der Waals surface area (Å²) in [6, 6.07) is 17.3. The third kappa shape index (κ3) is 4.94. The second-order valence-electron chi connectivity index (χ2n) is 6.28. The molecule has 0 unspecified atom stereocenters. The molecule has 0 bridgehead atoms. The van der Waals surface area contributed by atoms with Gasteiger partial charge in [-0.1, -0.05) is 41.6 Å². The lowest BCUT2D eigenvalue weighted by atomic mass is 10.2. The van der Waals surface area contributed by atoms with E-state index < -0.39 is 10.0 Å². The quantitative estimate of drug-likeness (QED) is 0.395. The molecule has 0 saturated carbocycles. The van der Waals surface area contributed by atoms with E-state index in [0.29, 0.717) is 23.0 Å². The highest BCUT2D eigenvalue weighted by Crippen LogP contribution is 2.29. The zero-order chi connectivity index (χ0) is 20.1. The van der Waals surface area contributed by atoms with Crippen LogP contribution in [0.4, 0.5) is 0 Å². The molecule has 0 spiro atoms. The van der Waals surface area contributed by atoms with E-state index >= 15 is 0 Å². The summed E-state index contributed by atoms with van der Waals surface area (Å²) in [6.07, 6.45) is 0.531. The molecule has 0 radical (unpaired) electrons. The van der Waals surface area contributed by atoms with E-state index in [1.165, 1.54) is 16.1 Å². The standard InChI is InChI=1S/C19H21ClN4O2S2/c1-23(2)28(25,26)14-6-13-27-19-22-21-18(15-9-11-16(20)12-10-15)24(19)17-7-4-3-5-8-17/h3-5,7-12H,6,13-14H2,1-2H3. The van der Waals surface area contributed by atoms with Crippen LogP contribution in [0, 0.1) is 0 Å². The molecule has 0 fully saturated rings. The average molecular weight is 437 g/mol. The molecule has 3 aromatic rings.